The molecule has 0 bridgehead atoms. The number of aryl methyl sites for hydroxylation is 2. The molecule has 0 saturated carbocycles. The molecule has 1 aromatic rings. The Balaban J connectivity index is 3.25. The Bertz CT molecular complexity index is 894. The number of hydrogen-bond donors (Lipinski definition) is 2. The van der Waals surface area contributed by atoms with Gasteiger partial charge in [-0.3, -0.25) is 14.4 Å². The van der Waals surface area contributed by atoms with Gasteiger partial charge in [-0.2, -0.15) is 0 Å². The number of ether oxygens (including phenoxy) is 2. The third-order valence-corrected chi connectivity index (χ3v) is 5.07. The lowest BCUT2D eigenvalue weighted by molar-refractivity contribution is -0.144. The van der Waals surface area contributed by atoms with E-state index in [0.29, 0.717) is 18.5 Å². The molecule has 2 atom stereocenters. The van der Waals surface area contributed by atoms with E-state index in [4.69, 9.17) is 9.47 Å². The molecule has 9 heteroatoms. The quantitative estimate of drug-likeness (QED) is 0.458. The van der Waals surface area contributed by atoms with E-state index in [0.717, 1.165) is 11.1 Å². The zero-order valence-electron chi connectivity index (χ0n) is 22.3. The first-order valence-corrected chi connectivity index (χ1v) is 12.1. The van der Waals surface area contributed by atoms with Crippen molar-refractivity contribution in [2.75, 3.05) is 19.7 Å². The maximum atomic E-state index is 13.5. The number of nitrogens with one attached hydrogen (secondary N) is 2. The van der Waals surface area contributed by atoms with Crippen LogP contribution >= 0.6 is 0 Å². The second-order valence-electron chi connectivity index (χ2n) is 9.51. The van der Waals surface area contributed by atoms with E-state index < -0.39 is 41.6 Å². The summed E-state index contributed by atoms with van der Waals surface area (Å²) < 4.78 is 10.2. The molecule has 2 N–H and O–H groups in total. The van der Waals surface area contributed by atoms with Crippen molar-refractivity contribution in [2.45, 2.75) is 85.9 Å². The summed E-state index contributed by atoms with van der Waals surface area (Å²) in [5.74, 6) is -1.23. The molecule has 0 aliphatic carbocycles. The molecule has 0 spiro atoms. The van der Waals surface area contributed by atoms with Gasteiger partial charge in [-0.15, -0.1) is 0 Å². The molecule has 35 heavy (non-hydrogen) atoms. The summed E-state index contributed by atoms with van der Waals surface area (Å²) in [6, 6.07) is 3.87. The van der Waals surface area contributed by atoms with Crippen LogP contribution in [0.4, 0.5) is 4.79 Å². The predicted molar refractivity (Wildman–Crippen MR) is 134 cm³/mol. The van der Waals surface area contributed by atoms with Crippen molar-refractivity contribution < 1.29 is 28.7 Å². The van der Waals surface area contributed by atoms with E-state index in [1.54, 1.807) is 34.6 Å². The zero-order valence-corrected chi connectivity index (χ0v) is 22.3. The van der Waals surface area contributed by atoms with Crippen molar-refractivity contribution >= 4 is 23.9 Å². The van der Waals surface area contributed by atoms with Crippen molar-refractivity contribution in [3.8, 4) is 0 Å². The van der Waals surface area contributed by atoms with Crippen molar-refractivity contribution in [3.63, 3.8) is 0 Å². The van der Waals surface area contributed by atoms with E-state index in [9.17, 15) is 19.2 Å². The topological polar surface area (TPSA) is 114 Å². The smallest absolute Gasteiger partial charge is 0.408 e. The molecular weight excluding hydrogens is 450 g/mol. The fourth-order valence-electron chi connectivity index (χ4n) is 3.52. The van der Waals surface area contributed by atoms with Crippen molar-refractivity contribution in [3.05, 3.63) is 34.9 Å². The molecule has 9 nitrogen and oxygen atoms in total. The van der Waals surface area contributed by atoms with Crippen LogP contribution in [0.2, 0.25) is 0 Å². The molecule has 196 valence electrons. The minimum Gasteiger partial charge on any atom is -0.466 e. The second-order valence-corrected chi connectivity index (χ2v) is 9.51. The minimum atomic E-state index is -0.938. The summed E-state index contributed by atoms with van der Waals surface area (Å²) in [6.45, 7) is 14.8. The van der Waals surface area contributed by atoms with Crippen LogP contribution in [0, 0.1) is 13.8 Å². The molecule has 3 amide bonds. The molecule has 1 rings (SSSR count). The number of carbonyl (C=O) groups is 4. The van der Waals surface area contributed by atoms with Crippen LogP contribution in [0.25, 0.3) is 0 Å². The number of benzene rings is 1. The highest BCUT2D eigenvalue weighted by atomic mass is 16.6. The fraction of sp³-hybridized carbons (Fsp3) is 0.615. The van der Waals surface area contributed by atoms with Crippen LogP contribution in [-0.2, 0) is 23.9 Å². The standard InChI is InChI=1S/C26H41N3O6/c1-9-15-29(24(32)19(5)28-25(33)35-26(6,7)8)22(20-16-17(3)11-12-18(20)4)23(31)27-14-13-21(30)34-10-2/h11-12,16,19,22H,9-10,13-15H2,1-8H3,(H,27,31)(H,28,33). The van der Waals surface area contributed by atoms with Gasteiger partial charge in [0.15, 0.2) is 0 Å². The normalized spacial score (nSPS) is 12.8. The average molecular weight is 492 g/mol. The monoisotopic (exact) mass is 491 g/mol. The summed E-state index contributed by atoms with van der Waals surface area (Å²) >= 11 is 0. The van der Waals surface area contributed by atoms with Crippen LogP contribution in [0.1, 0.15) is 77.1 Å². The molecule has 0 aliphatic heterocycles. The summed E-state index contributed by atoms with van der Waals surface area (Å²) in [5, 5.41) is 5.35. The van der Waals surface area contributed by atoms with E-state index >= 15 is 0 Å². The number of nitrogens with zero attached hydrogens (tertiary/aromatic N) is 1. The summed E-state index contributed by atoms with van der Waals surface area (Å²) in [5.41, 5.74) is 1.77. The van der Waals surface area contributed by atoms with Gasteiger partial charge in [0.25, 0.3) is 0 Å². The number of rotatable bonds is 11. The molecule has 0 aliphatic rings. The lowest BCUT2D eigenvalue weighted by Crippen LogP contribution is -2.52. The third-order valence-electron chi connectivity index (χ3n) is 5.07. The van der Waals surface area contributed by atoms with E-state index in [1.165, 1.54) is 4.90 Å². The van der Waals surface area contributed by atoms with E-state index in [-0.39, 0.29) is 19.6 Å². The lowest BCUT2D eigenvalue weighted by Gasteiger charge is -2.34. The van der Waals surface area contributed by atoms with Crippen LogP contribution in [0.15, 0.2) is 18.2 Å². The van der Waals surface area contributed by atoms with Gasteiger partial charge in [-0.1, -0.05) is 30.7 Å². The lowest BCUT2D eigenvalue weighted by atomic mass is 9.96. The van der Waals surface area contributed by atoms with Crippen LogP contribution < -0.4 is 10.6 Å². The van der Waals surface area contributed by atoms with Crippen molar-refractivity contribution in [2.24, 2.45) is 0 Å². The van der Waals surface area contributed by atoms with Crippen LogP contribution in [-0.4, -0.2) is 60.1 Å². The highest BCUT2D eigenvalue weighted by molar-refractivity contribution is 5.92. The summed E-state index contributed by atoms with van der Waals surface area (Å²) in [4.78, 5) is 52.4. The Hall–Kier alpha value is -3.10. The Morgan fingerprint density at radius 1 is 1.09 bits per heavy atom. The molecule has 2 unspecified atom stereocenters. The van der Waals surface area contributed by atoms with E-state index in [2.05, 4.69) is 10.6 Å². The second kappa shape index (κ2) is 13.7. The van der Waals surface area contributed by atoms with Crippen molar-refractivity contribution in [1.29, 1.82) is 0 Å². The van der Waals surface area contributed by atoms with Gasteiger partial charge in [-0.25, -0.2) is 4.79 Å². The highest BCUT2D eigenvalue weighted by Crippen LogP contribution is 2.27. The first kappa shape index (κ1) is 29.9. The minimum absolute atomic E-state index is 0.0252. The zero-order chi connectivity index (χ0) is 26.8. The molecule has 0 heterocycles. The maximum Gasteiger partial charge on any atom is 0.408 e. The molecule has 0 saturated heterocycles. The largest absolute Gasteiger partial charge is 0.466 e. The number of amides is 3. The van der Waals surface area contributed by atoms with Crippen molar-refractivity contribution in [1.82, 2.24) is 15.5 Å². The first-order chi connectivity index (χ1) is 16.3. The van der Waals surface area contributed by atoms with Gasteiger partial charge < -0.3 is 25.0 Å². The Morgan fingerprint density at radius 3 is 2.31 bits per heavy atom. The Labute approximate surface area is 208 Å². The summed E-state index contributed by atoms with van der Waals surface area (Å²) in [7, 11) is 0. The number of esters is 1. The highest BCUT2D eigenvalue weighted by Gasteiger charge is 2.35. The number of hydrogen-bond acceptors (Lipinski definition) is 6. The van der Waals surface area contributed by atoms with Gasteiger partial charge in [0, 0.05) is 13.1 Å². The molecule has 0 radical (unpaired) electrons. The molecule has 0 aromatic heterocycles. The number of carbonyl (C=O) groups excluding carboxylic acids is 4. The van der Waals surface area contributed by atoms with Crippen LogP contribution in [0.5, 0.6) is 0 Å². The van der Waals surface area contributed by atoms with Gasteiger partial charge in [-0.05, 0) is 66.0 Å². The summed E-state index contributed by atoms with van der Waals surface area (Å²) in [6.07, 6.45) is -0.0863. The Kier molecular flexibility index (Phi) is 11.7. The predicted octanol–water partition coefficient (Wildman–Crippen LogP) is 3.57. The van der Waals surface area contributed by atoms with E-state index in [1.807, 2.05) is 39.0 Å². The average Bonchev–Trinajstić information content (AvgIpc) is 2.74. The third kappa shape index (κ3) is 9.96. The van der Waals surface area contributed by atoms with Gasteiger partial charge >= 0.3 is 12.1 Å². The van der Waals surface area contributed by atoms with Gasteiger partial charge in [0.2, 0.25) is 11.8 Å². The van der Waals surface area contributed by atoms with Gasteiger partial charge in [0.05, 0.1) is 13.0 Å². The molecule has 0 fully saturated rings. The first-order valence-electron chi connectivity index (χ1n) is 12.1. The van der Waals surface area contributed by atoms with Crippen LogP contribution in [0.3, 0.4) is 0 Å². The number of alkyl carbamates (subject to hydrolysis) is 1. The maximum absolute atomic E-state index is 13.5. The molecule has 1 aromatic carbocycles. The Morgan fingerprint density at radius 2 is 1.74 bits per heavy atom. The molecular formula is C26H41N3O6. The fourth-order valence-corrected chi connectivity index (χ4v) is 3.52. The van der Waals surface area contributed by atoms with Gasteiger partial charge in [0.1, 0.15) is 17.7 Å². The SMILES string of the molecule is CCCN(C(=O)C(C)NC(=O)OC(C)(C)C)C(C(=O)NCCC(=O)OCC)c1cc(C)ccc1C.